The molecule has 0 amide bonds. The summed E-state index contributed by atoms with van der Waals surface area (Å²) in [7, 11) is 0. The molecular formula is C11H9NO5. The van der Waals surface area contributed by atoms with Gasteiger partial charge >= 0.3 is 5.97 Å². The van der Waals surface area contributed by atoms with Crippen molar-refractivity contribution >= 4 is 11.7 Å². The molecule has 1 unspecified atom stereocenters. The summed E-state index contributed by atoms with van der Waals surface area (Å²) in [5.74, 6) is -0.0174. The molecule has 0 aliphatic carbocycles. The minimum atomic E-state index is -0.760. The average Bonchev–Trinajstić information content (AvgIpc) is 2.58. The second kappa shape index (κ2) is 4.25. The lowest BCUT2D eigenvalue weighted by molar-refractivity contribution is -0.384. The summed E-state index contributed by atoms with van der Waals surface area (Å²) in [5.41, 5.74) is 0.462. The van der Waals surface area contributed by atoms with Gasteiger partial charge in [-0.25, -0.2) is 4.79 Å². The van der Waals surface area contributed by atoms with E-state index in [1.165, 1.54) is 24.3 Å². The number of benzene rings is 1. The molecule has 1 atom stereocenters. The lowest BCUT2D eigenvalue weighted by atomic mass is 10.3. The maximum Gasteiger partial charge on any atom is 0.336 e. The molecule has 0 bridgehead atoms. The summed E-state index contributed by atoms with van der Waals surface area (Å²) in [4.78, 5) is 21.0. The van der Waals surface area contributed by atoms with Gasteiger partial charge in [-0.1, -0.05) is 0 Å². The second-order valence-electron chi connectivity index (χ2n) is 3.49. The van der Waals surface area contributed by atoms with E-state index in [-0.39, 0.29) is 5.69 Å². The van der Waals surface area contributed by atoms with Crippen molar-refractivity contribution in [3.63, 3.8) is 0 Å². The number of cyclic esters (lactones) is 1. The van der Waals surface area contributed by atoms with Crippen molar-refractivity contribution in [3.8, 4) is 5.75 Å². The fourth-order valence-electron chi connectivity index (χ4n) is 1.34. The standard InChI is InChI=1S/C11H9NO5/c1-7-6-10(17-11(7)13)16-9-4-2-8(3-5-9)12(14)15/h2-6,10H,1H3. The third-order valence-electron chi connectivity index (χ3n) is 2.23. The molecule has 1 heterocycles. The molecule has 0 radical (unpaired) electrons. The second-order valence-corrected chi connectivity index (χ2v) is 3.49. The maximum absolute atomic E-state index is 11.1. The quantitative estimate of drug-likeness (QED) is 0.453. The third kappa shape index (κ3) is 2.41. The number of carbonyl (C=O) groups excluding carboxylic acids is 1. The van der Waals surface area contributed by atoms with E-state index in [9.17, 15) is 14.9 Å². The van der Waals surface area contributed by atoms with Crippen molar-refractivity contribution in [2.45, 2.75) is 13.2 Å². The van der Waals surface area contributed by atoms with E-state index >= 15 is 0 Å². The first kappa shape index (κ1) is 11.1. The Labute approximate surface area is 96.6 Å². The van der Waals surface area contributed by atoms with Gasteiger partial charge in [0, 0.05) is 23.8 Å². The first-order chi connectivity index (χ1) is 8.06. The molecule has 2 rings (SSSR count). The zero-order valence-electron chi connectivity index (χ0n) is 8.95. The van der Waals surface area contributed by atoms with Crippen LogP contribution in [-0.2, 0) is 9.53 Å². The van der Waals surface area contributed by atoms with Crippen LogP contribution in [0.5, 0.6) is 5.75 Å². The Hall–Kier alpha value is -2.37. The number of non-ortho nitro benzene ring substituents is 1. The molecule has 88 valence electrons. The predicted molar refractivity (Wildman–Crippen MR) is 57.4 cm³/mol. The zero-order chi connectivity index (χ0) is 12.4. The van der Waals surface area contributed by atoms with Gasteiger partial charge < -0.3 is 9.47 Å². The summed E-state index contributed by atoms with van der Waals surface area (Å²) in [6, 6.07) is 5.55. The lowest BCUT2D eigenvalue weighted by Crippen LogP contribution is -2.15. The van der Waals surface area contributed by atoms with Crippen LogP contribution in [-0.4, -0.2) is 17.2 Å². The van der Waals surface area contributed by atoms with E-state index in [1.807, 2.05) is 0 Å². The first-order valence-electron chi connectivity index (χ1n) is 4.87. The highest BCUT2D eigenvalue weighted by atomic mass is 16.7. The Bertz CT molecular complexity index is 491. The van der Waals surface area contributed by atoms with Gasteiger partial charge in [0.2, 0.25) is 0 Å². The molecule has 0 saturated carbocycles. The van der Waals surface area contributed by atoms with E-state index in [0.29, 0.717) is 11.3 Å². The van der Waals surface area contributed by atoms with E-state index in [1.54, 1.807) is 13.0 Å². The number of esters is 1. The highest BCUT2D eigenvalue weighted by Crippen LogP contribution is 2.21. The van der Waals surface area contributed by atoms with Crippen molar-refractivity contribution in [1.82, 2.24) is 0 Å². The molecule has 1 aliphatic heterocycles. The van der Waals surface area contributed by atoms with Crippen LogP contribution < -0.4 is 4.74 Å². The van der Waals surface area contributed by atoms with Gasteiger partial charge in [0.05, 0.1) is 4.92 Å². The smallest absolute Gasteiger partial charge is 0.336 e. The predicted octanol–water partition coefficient (Wildman–Crippen LogP) is 1.80. The topological polar surface area (TPSA) is 78.7 Å². The number of rotatable bonds is 3. The first-order valence-corrected chi connectivity index (χ1v) is 4.87. The van der Waals surface area contributed by atoms with Crippen LogP contribution in [0.25, 0.3) is 0 Å². The normalized spacial score (nSPS) is 18.5. The molecule has 1 aromatic carbocycles. The summed E-state index contributed by atoms with van der Waals surface area (Å²) >= 11 is 0. The molecule has 1 aromatic rings. The van der Waals surface area contributed by atoms with Crippen molar-refractivity contribution in [2.24, 2.45) is 0 Å². The number of hydrogen-bond donors (Lipinski definition) is 0. The fraction of sp³-hybridized carbons (Fsp3) is 0.182. The van der Waals surface area contributed by atoms with Crippen LogP contribution in [0.2, 0.25) is 0 Å². The van der Waals surface area contributed by atoms with Crippen molar-refractivity contribution in [3.05, 3.63) is 46.0 Å². The molecule has 0 fully saturated rings. The van der Waals surface area contributed by atoms with Crippen LogP contribution >= 0.6 is 0 Å². The van der Waals surface area contributed by atoms with Crippen molar-refractivity contribution < 1.29 is 19.2 Å². The minimum Gasteiger partial charge on any atom is -0.451 e. The minimum absolute atomic E-state index is 0.0208. The summed E-state index contributed by atoms with van der Waals surface area (Å²) in [6.07, 6.45) is 0.785. The highest BCUT2D eigenvalue weighted by Gasteiger charge is 2.23. The number of nitro groups is 1. The van der Waals surface area contributed by atoms with E-state index in [0.717, 1.165) is 0 Å². The van der Waals surface area contributed by atoms with Gasteiger partial charge in [-0.05, 0) is 19.1 Å². The van der Waals surface area contributed by atoms with Gasteiger partial charge in [-0.3, -0.25) is 10.1 Å². The highest BCUT2D eigenvalue weighted by molar-refractivity contribution is 5.90. The van der Waals surface area contributed by atoms with E-state index in [2.05, 4.69) is 0 Å². The van der Waals surface area contributed by atoms with Gasteiger partial charge in [-0.15, -0.1) is 0 Å². The number of hydrogen-bond acceptors (Lipinski definition) is 5. The van der Waals surface area contributed by atoms with Crippen LogP contribution in [0.3, 0.4) is 0 Å². The van der Waals surface area contributed by atoms with Crippen molar-refractivity contribution in [2.75, 3.05) is 0 Å². The van der Waals surface area contributed by atoms with Gasteiger partial charge in [-0.2, -0.15) is 0 Å². The Kier molecular flexibility index (Phi) is 2.78. The Morgan fingerprint density at radius 2 is 2.00 bits per heavy atom. The van der Waals surface area contributed by atoms with Crippen LogP contribution in [0, 0.1) is 10.1 Å². The molecule has 0 aromatic heterocycles. The third-order valence-corrected chi connectivity index (χ3v) is 2.23. The summed E-state index contributed by atoms with van der Waals surface area (Å²) in [5, 5.41) is 10.4. The fourth-order valence-corrected chi connectivity index (χ4v) is 1.34. The molecule has 0 N–H and O–H groups in total. The summed E-state index contributed by atoms with van der Waals surface area (Å²) < 4.78 is 10.2. The van der Waals surface area contributed by atoms with Gasteiger partial charge in [0.1, 0.15) is 5.75 Å². The number of nitrogens with zero attached hydrogens (tertiary/aromatic N) is 1. The maximum atomic E-state index is 11.1. The Morgan fingerprint density at radius 3 is 2.47 bits per heavy atom. The Morgan fingerprint density at radius 1 is 1.35 bits per heavy atom. The SMILES string of the molecule is CC1=CC(Oc2ccc([N+](=O)[O-])cc2)OC1=O. The zero-order valence-corrected chi connectivity index (χ0v) is 8.95. The summed E-state index contributed by atoms with van der Waals surface area (Å²) in [6.45, 7) is 1.63. The molecular weight excluding hydrogens is 226 g/mol. The van der Waals surface area contributed by atoms with Gasteiger partial charge in [0.15, 0.2) is 0 Å². The van der Waals surface area contributed by atoms with E-state index in [4.69, 9.17) is 9.47 Å². The van der Waals surface area contributed by atoms with Crippen molar-refractivity contribution in [1.29, 1.82) is 0 Å². The molecule has 0 saturated heterocycles. The number of carbonyl (C=O) groups is 1. The van der Waals surface area contributed by atoms with Crippen LogP contribution in [0.4, 0.5) is 5.69 Å². The van der Waals surface area contributed by atoms with Crippen LogP contribution in [0.1, 0.15) is 6.92 Å². The Balaban J connectivity index is 2.05. The molecule has 6 nitrogen and oxygen atoms in total. The average molecular weight is 235 g/mol. The molecule has 1 aliphatic rings. The van der Waals surface area contributed by atoms with Crippen LogP contribution in [0.15, 0.2) is 35.9 Å². The largest absolute Gasteiger partial charge is 0.451 e. The number of nitro benzene ring substituents is 1. The molecule has 0 spiro atoms. The number of ether oxygens (including phenoxy) is 2. The molecule has 6 heteroatoms. The van der Waals surface area contributed by atoms with E-state index < -0.39 is 17.2 Å². The monoisotopic (exact) mass is 235 g/mol. The molecule has 17 heavy (non-hydrogen) atoms. The van der Waals surface area contributed by atoms with Gasteiger partial charge in [0.25, 0.3) is 12.0 Å². The lowest BCUT2D eigenvalue weighted by Gasteiger charge is -2.10.